The number of benzene rings is 2. The summed E-state index contributed by atoms with van der Waals surface area (Å²) in [5.74, 6) is 0.664. The number of guanidine groups is 1. The Bertz CT molecular complexity index is 801. The van der Waals surface area contributed by atoms with Crippen LogP contribution in [0.4, 0.5) is 0 Å². The van der Waals surface area contributed by atoms with E-state index in [9.17, 15) is 8.42 Å². The number of aliphatic imine (C=N–C) groups is 1. The maximum absolute atomic E-state index is 11.4. The second-order valence-corrected chi connectivity index (χ2v) is 7.77. The number of hydrogen-bond donors (Lipinski definition) is 2. The fourth-order valence-corrected chi connectivity index (χ4v) is 2.81. The Kier molecular flexibility index (Phi) is 6.23. The first-order valence-electron chi connectivity index (χ1n) is 7.36. The maximum Gasteiger partial charge on any atom is 0.191 e. The minimum atomic E-state index is -3.16. The fraction of sp³-hybridized carbons (Fsp3) is 0.235. The SMILES string of the molecule is CN=C(NCc1ccc(Cl)cc1)NCc1ccc(S(C)(=O)=O)cc1. The van der Waals surface area contributed by atoms with Crippen LogP contribution in [0.15, 0.2) is 58.4 Å². The molecule has 0 saturated heterocycles. The fourth-order valence-electron chi connectivity index (χ4n) is 2.05. The molecule has 2 aromatic rings. The average Bonchev–Trinajstić information content (AvgIpc) is 2.56. The van der Waals surface area contributed by atoms with Crippen molar-refractivity contribution in [3.05, 3.63) is 64.7 Å². The van der Waals surface area contributed by atoms with Gasteiger partial charge in [0.2, 0.25) is 0 Å². The monoisotopic (exact) mass is 365 g/mol. The van der Waals surface area contributed by atoms with Gasteiger partial charge in [0.1, 0.15) is 0 Å². The summed E-state index contributed by atoms with van der Waals surface area (Å²) < 4.78 is 22.9. The summed E-state index contributed by atoms with van der Waals surface area (Å²) in [5, 5.41) is 7.11. The third-order valence-corrected chi connectivity index (χ3v) is 4.79. The molecule has 0 saturated carbocycles. The Morgan fingerprint density at radius 3 is 1.83 bits per heavy atom. The molecule has 2 rings (SSSR count). The minimum absolute atomic E-state index is 0.316. The third-order valence-electron chi connectivity index (χ3n) is 3.41. The van der Waals surface area contributed by atoms with E-state index in [0.717, 1.165) is 11.1 Å². The first kappa shape index (κ1) is 18.3. The van der Waals surface area contributed by atoms with Gasteiger partial charge in [0.05, 0.1) is 4.90 Å². The molecule has 0 amide bonds. The van der Waals surface area contributed by atoms with Gasteiger partial charge in [0, 0.05) is 31.4 Å². The zero-order valence-corrected chi connectivity index (χ0v) is 15.2. The lowest BCUT2D eigenvalue weighted by Crippen LogP contribution is -2.36. The molecule has 0 spiro atoms. The summed E-state index contributed by atoms with van der Waals surface area (Å²) in [7, 11) is -1.47. The number of nitrogens with zero attached hydrogens (tertiary/aromatic N) is 1. The molecule has 0 aliphatic heterocycles. The molecule has 0 fully saturated rings. The molecule has 0 radical (unpaired) electrons. The molecule has 2 aromatic carbocycles. The van der Waals surface area contributed by atoms with Crippen LogP contribution in [0.2, 0.25) is 5.02 Å². The van der Waals surface area contributed by atoms with Gasteiger partial charge in [0.15, 0.2) is 15.8 Å². The first-order chi connectivity index (χ1) is 11.4. The molecular weight excluding hydrogens is 346 g/mol. The van der Waals surface area contributed by atoms with E-state index in [1.165, 1.54) is 6.26 Å². The van der Waals surface area contributed by atoms with Gasteiger partial charge in [-0.1, -0.05) is 35.9 Å². The van der Waals surface area contributed by atoms with Crippen LogP contribution in [0.5, 0.6) is 0 Å². The second-order valence-electron chi connectivity index (χ2n) is 5.32. The van der Waals surface area contributed by atoms with Crippen molar-refractivity contribution in [1.29, 1.82) is 0 Å². The van der Waals surface area contributed by atoms with Gasteiger partial charge < -0.3 is 10.6 Å². The van der Waals surface area contributed by atoms with Crippen LogP contribution in [0, 0.1) is 0 Å². The quantitative estimate of drug-likeness (QED) is 0.631. The highest BCUT2D eigenvalue weighted by Gasteiger charge is 2.06. The molecule has 0 bridgehead atoms. The molecule has 128 valence electrons. The Hall–Kier alpha value is -2.05. The molecule has 2 N–H and O–H groups in total. The summed E-state index contributed by atoms with van der Waals surface area (Å²) in [6, 6.07) is 14.4. The summed E-state index contributed by atoms with van der Waals surface area (Å²) >= 11 is 5.86. The standard InChI is InChI=1S/C17H20ClN3O2S/c1-19-17(20-11-13-3-7-15(18)8-4-13)21-12-14-5-9-16(10-6-14)24(2,22)23/h3-10H,11-12H2,1-2H3,(H2,19,20,21). The summed E-state index contributed by atoms with van der Waals surface area (Å²) in [5.41, 5.74) is 2.07. The van der Waals surface area contributed by atoms with E-state index in [1.807, 2.05) is 24.3 Å². The van der Waals surface area contributed by atoms with Gasteiger partial charge >= 0.3 is 0 Å². The molecule has 0 aliphatic rings. The predicted octanol–water partition coefficient (Wildman–Crippen LogP) is 2.61. The van der Waals surface area contributed by atoms with E-state index in [2.05, 4.69) is 15.6 Å². The van der Waals surface area contributed by atoms with Crippen LogP contribution in [0.1, 0.15) is 11.1 Å². The van der Waals surface area contributed by atoms with Crippen molar-refractivity contribution >= 4 is 27.4 Å². The summed E-state index contributed by atoms with van der Waals surface area (Å²) in [4.78, 5) is 4.48. The Balaban J connectivity index is 1.88. The second kappa shape index (κ2) is 8.17. The lowest BCUT2D eigenvalue weighted by atomic mass is 10.2. The number of hydrogen-bond acceptors (Lipinski definition) is 3. The van der Waals surface area contributed by atoms with E-state index in [4.69, 9.17) is 11.6 Å². The van der Waals surface area contributed by atoms with Crippen LogP contribution in [0.3, 0.4) is 0 Å². The molecule has 24 heavy (non-hydrogen) atoms. The molecule has 5 nitrogen and oxygen atoms in total. The van der Waals surface area contributed by atoms with Gasteiger partial charge in [-0.3, -0.25) is 4.99 Å². The van der Waals surface area contributed by atoms with E-state index in [1.54, 1.807) is 31.3 Å². The lowest BCUT2D eigenvalue weighted by Gasteiger charge is -2.12. The van der Waals surface area contributed by atoms with E-state index >= 15 is 0 Å². The predicted molar refractivity (Wildman–Crippen MR) is 98.0 cm³/mol. The largest absolute Gasteiger partial charge is 0.352 e. The average molecular weight is 366 g/mol. The highest BCUT2D eigenvalue weighted by atomic mass is 35.5. The van der Waals surface area contributed by atoms with Crippen LogP contribution >= 0.6 is 11.6 Å². The summed E-state index contributed by atoms with van der Waals surface area (Å²) in [6.45, 7) is 1.17. The number of rotatable bonds is 5. The zero-order valence-electron chi connectivity index (χ0n) is 13.6. The summed E-state index contributed by atoms with van der Waals surface area (Å²) in [6.07, 6.45) is 1.20. The van der Waals surface area contributed by atoms with Crippen molar-refractivity contribution in [3.63, 3.8) is 0 Å². The number of nitrogens with one attached hydrogen (secondary N) is 2. The molecule has 7 heteroatoms. The maximum atomic E-state index is 11.4. The molecular formula is C17H20ClN3O2S. The number of halogens is 1. The molecule has 0 aromatic heterocycles. The molecule has 0 aliphatic carbocycles. The third kappa shape index (κ3) is 5.54. The van der Waals surface area contributed by atoms with Crippen LogP contribution < -0.4 is 10.6 Å². The first-order valence-corrected chi connectivity index (χ1v) is 9.63. The van der Waals surface area contributed by atoms with Gasteiger partial charge in [-0.2, -0.15) is 0 Å². The highest BCUT2D eigenvalue weighted by Crippen LogP contribution is 2.10. The van der Waals surface area contributed by atoms with Gasteiger partial charge in [0.25, 0.3) is 0 Å². The Labute approximate surface area is 147 Å². The minimum Gasteiger partial charge on any atom is -0.352 e. The highest BCUT2D eigenvalue weighted by molar-refractivity contribution is 7.90. The Morgan fingerprint density at radius 2 is 1.42 bits per heavy atom. The smallest absolute Gasteiger partial charge is 0.191 e. The van der Waals surface area contributed by atoms with Crippen molar-refractivity contribution in [3.8, 4) is 0 Å². The van der Waals surface area contributed by atoms with E-state index in [-0.39, 0.29) is 0 Å². The van der Waals surface area contributed by atoms with Crippen LogP contribution in [-0.2, 0) is 22.9 Å². The van der Waals surface area contributed by atoms with Gasteiger partial charge in [-0.05, 0) is 35.4 Å². The van der Waals surface area contributed by atoms with Crippen LogP contribution in [-0.4, -0.2) is 27.7 Å². The Morgan fingerprint density at radius 1 is 0.958 bits per heavy atom. The topological polar surface area (TPSA) is 70.6 Å². The van der Waals surface area contributed by atoms with Crippen molar-refractivity contribution in [2.75, 3.05) is 13.3 Å². The molecule has 0 unspecified atom stereocenters. The van der Waals surface area contributed by atoms with Gasteiger partial charge in [-0.15, -0.1) is 0 Å². The van der Waals surface area contributed by atoms with E-state index in [0.29, 0.717) is 29.0 Å². The van der Waals surface area contributed by atoms with Crippen molar-refractivity contribution < 1.29 is 8.42 Å². The van der Waals surface area contributed by atoms with Crippen molar-refractivity contribution in [2.24, 2.45) is 4.99 Å². The van der Waals surface area contributed by atoms with Crippen LogP contribution in [0.25, 0.3) is 0 Å². The van der Waals surface area contributed by atoms with Crippen molar-refractivity contribution in [1.82, 2.24) is 10.6 Å². The number of sulfone groups is 1. The zero-order chi connectivity index (χ0) is 17.6. The van der Waals surface area contributed by atoms with Gasteiger partial charge in [-0.25, -0.2) is 8.42 Å². The molecule has 0 atom stereocenters. The normalized spacial score (nSPS) is 12.0. The lowest BCUT2D eigenvalue weighted by molar-refractivity contribution is 0.602. The van der Waals surface area contributed by atoms with Crippen molar-refractivity contribution in [2.45, 2.75) is 18.0 Å². The van der Waals surface area contributed by atoms with E-state index < -0.39 is 9.84 Å². The molecule has 0 heterocycles.